The van der Waals surface area contributed by atoms with Gasteiger partial charge in [-0.3, -0.25) is 0 Å². The summed E-state index contributed by atoms with van der Waals surface area (Å²) >= 11 is 0. The molecule has 1 rings (SSSR count). The Kier molecular flexibility index (Phi) is 5.62. The average molecular weight is 287 g/mol. The molecule has 1 N–H and O–H groups in total. The summed E-state index contributed by atoms with van der Waals surface area (Å²) in [6.45, 7) is 4.44. The molecule has 0 radical (unpaired) electrons. The van der Waals surface area contributed by atoms with Gasteiger partial charge in [-0.1, -0.05) is 20.3 Å². The van der Waals surface area contributed by atoms with Gasteiger partial charge in [0.05, 0.1) is 19.1 Å². The minimum absolute atomic E-state index is 0.174. The van der Waals surface area contributed by atoms with Crippen LogP contribution in [0, 0.1) is 5.92 Å². The zero-order valence-electron chi connectivity index (χ0n) is 11.8. The summed E-state index contributed by atoms with van der Waals surface area (Å²) in [5.74, 6) is 1.20. The molecule has 1 aromatic carbocycles. The number of hydrogen-bond donors (Lipinski definition) is 1. The predicted octanol–water partition coefficient (Wildman–Crippen LogP) is 2.03. The van der Waals surface area contributed by atoms with Crippen molar-refractivity contribution in [2.75, 3.05) is 20.8 Å². The number of benzene rings is 1. The second-order valence-electron chi connectivity index (χ2n) is 4.38. The van der Waals surface area contributed by atoms with E-state index in [0.717, 1.165) is 6.42 Å². The lowest BCUT2D eigenvalue weighted by Gasteiger charge is -2.13. The fourth-order valence-corrected chi connectivity index (χ4v) is 2.64. The van der Waals surface area contributed by atoms with Crippen molar-refractivity contribution < 1.29 is 17.9 Å². The van der Waals surface area contributed by atoms with Crippen LogP contribution in [0.15, 0.2) is 23.1 Å². The van der Waals surface area contributed by atoms with Crippen molar-refractivity contribution in [2.24, 2.45) is 5.92 Å². The molecule has 1 atom stereocenters. The van der Waals surface area contributed by atoms with Crippen molar-refractivity contribution in [1.82, 2.24) is 4.72 Å². The summed E-state index contributed by atoms with van der Waals surface area (Å²) in [6.07, 6.45) is 0.925. The summed E-state index contributed by atoms with van der Waals surface area (Å²) in [6, 6.07) is 4.54. The molecule has 0 saturated carbocycles. The van der Waals surface area contributed by atoms with E-state index in [1.807, 2.05) is 13.8 Å². The van der Waals surface area contributed by atoms with Crippen molar-refractivity contribution in [1.29, 1.82) is 0 Å². The Hall–Kier alpha value is -1.27. The summed E-state index contributed by atoms with van der Waals surface area (Å²) < 4.78 is 37.0. The lowest BCUT2D eigenvalue weighted by molar-refractivity contribution is 0.354. The van der Waals surface area contributed by atoms with E-state index >= 15 is 0 Å². The van der Waals surface area contributed by atoms with Crippen LogP contribution < -0.4 is 14.2 Å². The van der Waals surface area contributed by atoms with Gasteiger partial charge in [-0.2, -0.15) is 0 Å². The largest absolute Gasteiger partial charge is 0.493 e. The zero-order chi connectivity index (χ0) is 14.5. The zero-order valence-corrected chi connectivity index (χ0v) is 12.6. The highest BCUT2D eigenvalue weighted by Crippen LogP contribution is 2.29. The topological polar surface area (TPSA) is 64.6 Å². The fraction of sp³-hybridized carbons (Fsp3) is 0.538. The third-order valence-electron chi connectivity index (χ3n) is 2.98. The van der Waals surface area contributed by atoms with E-state index in [1.54, 1.807) is 6.07 Å². The van der Waals surface area contributed by atoms with Gasteiger partial charge in [0.2, 0.25) is 10.0 Å². The molecule has 0 saturated heterocycles. The van der Waals surface area contributed by atoms with Gasteiger partial charge < -0.3 is 9.47 Å². The Labute approximate surface area is 115 Å². The molecule has 0 aliphatic heterocycles. The third-order valence-corrected chi connectivity index (χ3v) is 4.41. The fourth-order valence-electron chi connectivity index (χ4n) is 1.46. The molecular formula is C13H21NO4S. The molecule has 0 heterocycles. The van der Waals surface area contributed by atoms with Gasteiger partial charge in [0.25, 0.3) is 0 Å². The number of methoxy groups -OCH3 is 2. The van der Waals surface area contributed by atoms with E-state index in [9.17, 15) is 8.42 Å². The molecule has 108 valence electrons. The Morgan fingerprint density at radius 2 is 1.84 bits per heavy atom. The van der Waals surface area contributed by atoms with E-state index < -0.39 is 10.0 Å². The molecular weight excluding hydrogens is 266 g/mol. The molecule has 0 aliphatic carbocycles. The summed E-state index contributed by atoms with van der Waals surface area (Å²) in [5, 5.41) is 0. The maximum atomic E-state index is 12.1. The number of nitrogens with one attached hydrogen (secondary N) is 1. The summed E-state index contributed by atoms with van der Waals surface area (Å²) in [5.41, 5.74) is 0. The van der Waals surface area contributed by atoms with Gasteiger partial charge in [-0.05, 0) is 18.1 Å². The monoisotopic (exact) mass is 287 g/mol. The van der Waals surface area contributed by atoms with E-state index in [1.165, 1.54) is 26.4 Å². The molecule has 6 heteroatoms. The molecule has 0 spiro atoms. The van der Waals surface area contributed by atoms with E-state index in [2.05, 4.69) is 4.72 Å². The molecule has 0 amide bonds. The van der Waals surface area contributed by atoms with Crippen LogP contribution in [0.4, 0.5) is 0 Å². The van der Waals surface area contributed by atoms with Crippen LogP contribution in [0.1, 0.15) is 20.3 Å². The Balaban J connectivity index is 2.95. The first kappa shape index (κ1) is 15.8. The lowest BCUT2D eigenvalue weighted by atomic mass is 10.1. The standard InChI is InChI=1S/C13H21NO4S/c1-5-10(2)9-14-19(15,16)11-6-7-12(17-3)13(8-11)18-4/h6-8,10,14H,5,9H2,1-4H3. The number of ether oxygens (including phenoxy) is 2. The maximum absolute atomic E-state index is 12.1. The molecule has 0 fully saturated rings. The predicted molar refractivity (Wildman–Crippen MR) is 74.2 cm³/mol. The first-order valence-corrected chi connectivity index (χ1v) is 7.64. The molecule has 1 aromatic rings. The van der Waals surface area contributed by atoms with Crippen molar-refractivity contribution in [3.8, 4) is 11.5 Å². The van der Waals surface area contributed by atoms with Crippen molar-refractivity contribution in [3.63, 3.8) is 0 Å². The molecule has 0 aliphatic rings. The van der Waals surface area contributed by atoms with E-state index in [-0.39, 0.29) is 4.90 Å². The van der Waals surface area contributed by atoms with Gasteiger partial charge in [-0.15, -0.1) is 0 Å². The average Bonchev–Trinajstić information content (AvgIpc) is 2.43. The van der Waals surface area contributed by atoms with Crippen LogP contribution in [-0.2, 0) is 10.0 Å². The molecule has 0 aromatic heterocycles. The van der Waals surface area contributed by atoms with Crippen LogP contribution in [0.2, 0.25) is 0 Å². The van der Waals surface area contributed by atoms with Gasteiger partial charge in [-0.25, -0.2) is 13.1 Å². The second kappa shape index (κ2) is 6.77. The number of sulfonamides is 1. The second-order valence-corrected chi connectivity index (χ2v) is 6.15. The lowest BCUT2D eigenvalue weighted by Crippen LogP contribution is -2.28. The normalized spacial score (nSPS) is 13.1. The first-order valence-electron chi connectivity index (χ1n) is 6.16. The Morgan fingerprint density at radius 1 is 1.21 bits per heavy atom. The SMILES string of the molecule is CCC(C)CNS(=O)(=O)c1ccc(OC)c(OC)c1. The van der Waals surface area contributed by atoms with E-state index in [4.69, 9.17) is 9.47 Å². The quantitative estimate of drug-likeness (QED) is 0.833. The highest BCUT2D eigenvalue weighted by molar-refractivity contribution is 7.89. The summed E-state index contributed by atoms with van der Waals surface area (Å²) in [7, 11) is -0.528. The first-order chi connectivity index (χ1) is 8.94. The smallest absolute Gasteiger partial charge is 0.240 e. The number of hydrogen-bond acceptors (Lipinski definition) is 4. The highest BCUT2D eigenvalue weighted by atomic mass is 32.2. The molecule has 5 nitrogen and oxygen atoms in total. The van der Waals surface area contributed by atoms with Crippen LogP contribution >= 0.6 is 0 Å². The third kappa shape index (κ3) is 4.11. The van der Waals surface area contributed by atoms with Crippen LogP contribution in [0.25, 0.3) is 0 Å². The summed E-state index contributed by atoms with van der Waals surface area (Å²) in [4.78, 5) is 0.174. The van der Waals surface area contributed by atoms with Gasteiger partial charge in [0, 0.05) is 12.6 Å². The van der Waals surface area contributed by atoms with Crippen molar-refractivity contribution in [2.45, 2.75) is 25.2 Å². The van der Waals surface area contributed by atoms with Crippen LogP contribution in [-0.4, -0.2) is 29.2 Å². The van der Waals surface area contributed by atoms with Crippen molar-refractivity contribution in [3.05, 3.63) is 18.2 Å². The van der Waals surface area contributed by atoms with Crippen LogP contribution in [0.3, 0.4) is 0 Å². The highest BCUT2D eigenvalue weighted by Gasteiger charge is 2.17. The van der Waals surface area contributed by atoms with Gasteiger partial charge >= 0.3 is 0 Å². The van der Waals surface area contributed by atoms with Gasteiger partial charge in [0.1, 0.15) is 0 Å². The van der Waals surface area contributed by atoms with Crippen LogP contribution in [0.5, 0.6) is 11.5 Å². The molecule has 0 bridgehead atoms. The molecule has 1 unspecified atom stereocenters. The van der Waals surface area contributed by atoms with Crippen molar-refractivity contribution >= 4 is 10.0 Å². The molecule has 19 heavy (non-hydrogen) atoms. The Bertz CT molecular complexity index is 513. The minimum Gasteiger partial charge on any atom is -0.493 e. The van der Waals surface area contributed by atoms with E-state index in [0.29, 0.717) is 24.0 Å². The minimum atomic E-state index is -3.51. The maximum Gasteiger partial charge on any atom is 0.240 e. The van der Waals surface area contributed by atoms with Gasteiger partial charge in [0.15, 0.2) is 11.5 Å². The number of rotatable bonds is 7. The Morgan fingerprint density at radius 3 is 2.37 bits per heavy atom.